The Labute approximate surface area is 140 Å². The Bertz CT molecular complexity index is 841. The van der Waals surface area contributed by atoms with E-state index in [1.807, 2.05) is 4.57 Å². The van der Waals surface area contributed by atoms with E-state index in [9.17, 15) is 9.59 Å². The van der Waals surface area contributed by atoms with E-state index in [1.165, 1.54) is 43.7 Å². The van der Waals surface area contributed by atoms with Gasteiger partial charge in [0.25, 0.3) is 5.56 Å². The number of unbranched alkanes of at least 4 members (excludes halogenated alkanes) is 6. The van der Waals surface area contributed by atoms with Gasteiger partial charge in [0.2, 0.25) is 0 Å². The molecule has 0 saturated heterocycles. The van der Waals surface area contributed by atoms with Gasteiger partial charge in [-0.15, -0.1) is 0 Å². The van der Waals surface area contributed by atoms with E-state index in [4.69, 9.17) is 12.2 Å². The van der Waals surface area contributed by atoms with Gasteiger partial charge in [-0.05, 0) is 18.6 Å². The van der Waals surface area contributed by atoms with Crippen molar-refractivity contribution < 1.29 is 0 Å². The van der Waals surface area contributed by atoms with Gasteiger partial charge in [0.05, 0.1) is 0 Å². The molecule has 7 heteroatoms. The Morgan fingerprint density at radius 2 is 1.57 bits per heavy atom. The van der Waals surface area contributed by atoms with Gasteiger partial charge in [-0.25, -0.2) is 4.79 Å². The number of fused-ring (bicyclic) bond motifs is 1. The van der Waals surface area contributed by atoms with Crippen LogP contribution in [-0.4, -0.2) is 18.7 Å². The van der Waals surface area contributed by atoms with Crippen molar-refractivity contribution in [1.29, 1.82) is 0 Å². The van der Waals surface area contributed by atoms with Crippen LogP contribution in [0.2, 0.25) is 0 Å². The van der Waals surface area contributed by atoms with Gasteiger partial charge in [0.15, 0.2) is 10.3 Å². The molecule has 0 radical (unpaired) electrons. The zero-order valence-corrected chi connectivity index (χ0v) is 15.0. The molecule has 2 aromatic heterocycles. The van der Waals surface area contributed by atoms with Crippen LogP contribution in [0.3, 0.4) is 0 Å². The molecule has 2 rings (SSSR count). The van der Waals surface area contributed by atoms with Crippen molar-refractivity contribution in [2.45, 2.75) is 58.4 Å². The number of imidazole rings is 1. The van der Waals surface area contributed by atoms with Gasteiger partial charge in [-0.3, -0.25) is 13.9 Å². The van der Waals surface area contributed by atoms with Crippen LogP contribution in [0.15, 0.2) is 9.59 Å². The summed E-state index contributed by atoms with van der Waals surface area (Å²) in [6.45, 7) is 2.92. The maximum absolute atomic E-state index is 12.4. The summed E-state index contributed by atoms with van der Waals surface area (Å²) in [5.74, 6) is 0. The quantitative estimate of drug-likeness (QED) is 0.594. The van der Waals surface area contributed by atoms with E-state index in [-0.39, 0.29) is 11.2 Å². The molecular weight excluding hydrogens is 312 g/mol. The molecule has 0 spiro atoms. The number of aromatic amines is 1. The average molecular weight is 338 g/mol. The lowest BCUT2D eigenvalue weighted by atomic mass is 10.1. The van der Waals surface area contributed by atoms with Crippen LogP contribution in [0.25, 0.3) is 11.2 Å². The van der Waals surface area contributed by atoms with Gasteiger partial charge in [-0.2, -0.15) is 0 Å². The van der Waals surface area contributed by atoms with Crippen LogP contribution in [0.5, 0.6) is 0 Å². The molecule has 128 valence electrons. The van der Waals surface area contributed by atoms with Gasteiger partial charge >= 0.3 is 5.69 Å². The number of H-pyrrole nitrogens is 1. The maximum Gasteiger partial charge on any atom is 0.332 e. The third kappa shape index (κ3) is 3.65. The third-order valence-corrected chi connectivity index (χ3v) is 4.69. The second-order valence-electron chi connectivity index (χ2n) is 6.11. The van der Waals surface area contributed by atoms with Crippen molar-refractivity contribution in [2.24, 2.45) is 14.1 Å². The largest absolute Gasteiger partial charge is 0.332 e. The van der Waals surface area contributed by atoms with Gasteiger partial charge in [0.1, 0.15) is 5.65 Å². The lowest BCUT2D eigenvalue weighted by Crippen LogP contribution is -2.37. The van der Waals surface area contributed by atoms with Crippen LogP contribution in [-0.2, 0) is 20.6 Å². The number of nitrogens with zero attached hydrogens (tertiary/aromatic N) is 3. The molecule has 23 heavy (non-hydrogen) atoms. The number of hydrogen-bond donors (Lipinski definition) is 1. The standard InChI is InChI=1S/C16H26N4O2S/c1-4-5-6-7-8-9-10-11-20-12-13(17-15(20)23)18(2)16(22)19(3)14(12)21/h4-11H2,1-3H3,(H,17,23). The predicted octanol–water partition coefficient (Wildman–Crippen LogP) is 2.85. The van der Waals surface area contributed by atoms with Gasteiger partial charge in [0, 0.05) is 20.6 Å². The SMILES string of the molecule is CCCCCCCCCn1c(=S)[nH]c2c1c(=O)n(C)c(=O)n2C. The zero-order valence-electron chi connectivity index (χ0n) is 14.2. The predicted molar refractivity (Wildman–Crippen MR) is 95.6 cm³/mol. The Morgan fingerprint density at radius 1 is 0.957 bits per heavy atom. The molecule has 0 amide bonds. The summed E-state index contributed by atoms with van der Waals surface area (Å²) in [6.07, 6.45) is 8.45. The highest BCUT2D eigenvalue weighted by molar-refractivity contribution is 7.71. The Morgan fingerprint density at radius 3 is 2.22 bits per heavy atom. The molecule has 6 nitrogen and oxygen atoms in total. The van der Waals surface area contributed by atoms with Crippen molar-refractivity contribution in [1.82, 2.24) is 18.7 Å². The third-order valence-electron chi connectivity index (χ3n) is 4.37. The fraction of sp³-hybridized carbons (Fsp3) is 0.688. The summed E-state index contributed by atoms with van der Waals surface area (Å²) < 4.78 is 4.91. The molecular formula is C16H26N4O2S. The van der Waals surface area contributed by atoms with Crippen LogP contribution in [0.1, 0.15) is 51.9 Å². The van der Waals surface area contributed by atoms with E-state index in [2.05, 4.69) is 11.9 Å². The second-order valence-corrected chi connectivity index (χ2v) is 6.49. The van der Waals surface area contributed by atoms with E-state index >= 15 is 0 Å². The molecule has 0 aliphatic heterocycles. The fourth-order valence-corrected chi connectivity index (χ4v) is 3.20. The molecule has 0 saturated carbocycles. The molecule has 0 aliphatic carbocycles. The van der Waals surface area contributed by atoms with Crippen molar-refractivity contribution in [3.8, 4) is 0 Å². The molecule has 2 aromatic rings. The minimum Gasteiger partial charge on any atom is -0.316 e. The Hall–Kier alpha value is -1.63. The van der Waals surface area contributed by atoms with Crippen LogP contribution in [0.4, 0.5) is 0 Å². The number of aryl methyl sites for hydroxylation is 2. The summed E-state index contributed by atoms with van der Waals surface area (Å²) in [4.78, 5) is 27.4. The summed E-state index contributed by atoms with van der Waals surface area (Å²) in [5.41, 5.74) is 0.358. The van der Waals surface area contributed by atoms with E-state index < -0.39 is 0 Å². The fourth-order valence-electron chi connectivity index (χ4n) is 2.92. The van der Waals surface area contributed by atoms with E-state index in [0.717, 1.165) is 17.4 Å². The Kier molecular flexibility index (Phi) is 5.98. The highest BCUT2D eigenvalue weighted by Crippen LogP contribution is 2.12. The number of nitrogens with one attached hydrogen (secondary N) is 1. The molecule has 0 atom stereocenters. The second kappa shape index (κ2) is 7.77. The average Bonchev–Trinajstić information content (AvgIpc) is 2.87. The van der Waals surface area contributed by atoms with Gasteiger partial charge < -0.3 is 9.55 Å². The van der Waals surface area contributed by atoms with Crippen molar-refractivity contribution in [3.63, 3.8) is 0 Å². The summed E-state index contributed by atoms with van der Waals surface area (Å²) in [7, 11) is 3.14. The number of aromatic nitrogens is 4. The molecule has 2 heterocycles. The number of rotatable bonds is 8. The lowest BCUT2D eigenvalue weighted by molar-refractivity contribution is 0.551. The highest BCUT2D eigenvalue weighted by atomic mass is 32.1. The Balaban J connectivity index is 2.16. The minimum atomic E-state index is -0.346. The maximum atomic E-state index is 12.4. The summed E-state index contributed by atoms with van der Waals surface area (Å²) in [6, 6.07) is 0. The molecule has 1 N–H and O–H groups in total. The molecule has 0 unspecified atom stereocenters. The first-order valence-electron chi connectivity index (χ1n) is 8.37. The molecule has 0 bridgehead atoms. The first-order chi connectivity index (χ1) is 11.0. The molecule has 0 aliphatic rings. The van der Waals surface area contributed by atoms with Crippen molar-refractivity contribution in [2.75, 3.05) is 0 Å². The van der Waals surface area contributed by atoms with Crippen LogP contribution < -0.4 is 11.2 Å². The molecule has 0 aromatic carbocycles. The zero-order chi connectivity index (χ0) is 17.0. The molecule has 0 fully saturated rings. The van der Waals surface area contributed by atoms with E-state index in [0.29, 0.717) is 22.5 Å². The topological polar surface area (TPSA) is 64.7 Å². The first-order valence-corrected chi connectivity index (χ1v) is 8.78. The summed E-state index contributed by atoms with van der Waals surface area (Å²) in [5, 5.41) is 0. The smallest absolute Gasteiger partial charge is 0.316 e. The highest BCUT2D eigenvalue weighted by Gasteiger charge is 2.14. The first kappa shape index (κ1) is 17.7. The minimum absolute atomic E-state index is 0.293. The van der Waals surface area contributed by atoms with Crippen molar-refractivity contribution in [3.05, 3.63) is 25.6 Å². The van der Waals surface area contributed by atoms with Crippen molar-refractivity contribution >= 4 is 23.4 Å². The van der Waals surface area contributed by atoms with Gasteiger partial charge in [-0.1, -0.05) is 45.4 Å². The van der Waals surface area contributed by atoms with Crippen LogP contribution >= 0.6 is 12.2 Å². The van der Waals surface area contributed by atoms with E-state index in [1.54, 1.807) is 7.05 Å². The summed E-state index contributed by atoms with van der Waals surface area (Å²) >= 11 is 5.34. The number of hydrogen-bond acceptors (Lipinski definition) is 3. The lowest BCUT2D eigenvalue weighted by Gasteiger charge is -2.07. The monoisotopic (exact) mass is 338 g/mol. The normalized spacial score (nSPS) is 11.4. The van der Waals surface area contributed by atoms with Crippen LogP contribution in [0, 0.1) is 4.77 Å².